The van der Waals surface area contributed by atoms with Crippen molar-refractivity contribution in [2.75, 3.05) is 6.61 Å². The van der Waals surface area contributed by atoms with Crippen LogP contribution in [-0.4, -0.2) is 48.0 Å². The van der Waals surface area contributed by atoms with Gasteiger partial charge in [-0.2, -0.15) is 0 Å². The molecule has 2 aliphatic heterocycles. The van der Waals surface area contributed by atoms with Crippen molar-refractivity contribution < 1.29 is 19.3 Å². The Kier molecular flexibility index (Phi) is 3.25. The summed E-state index contributed by atoms with van der Waals surface area (Å²) in [5.74, 6) is -0.617. The summed E-state index contributed by atoms with van der Waals surface area (Å²) in [5.41, 5.74) is 6.02. The molecule has 3 N–H and O–H groups in total. The standard InChI is InChI=1S/C11H21NO4/c1-4-6-9-10(16-11(2,3)15-9)8(12)7(5-13)14-6/h6-10,13H,4-5,12H2,1-3H3/t6-,7?,8-,9+,10-/m1/s1. The summed E-state index contributed by atoms with van der Waals surface area (Å²) in [5, 5.41) is 9.22. The summed E-state index contributed by atoms with van der Waals surface area (Å²) < 4.78 is 17.3. The van der Waals surface area contributed by atoms with Crippen LogP contribution in [0.3, 0.4) is 0 Å². The number of hydrogen-bond acceptors (Lipinski definition) is 5. The van der Waals surface area contributed by atoms with Crippen molar-refractivity contribution in [3.8, 4) is 0 Å². The van der Waals surface area contributed by atoms with Crippen molar-refractivity contribution >= 4 is 0 Å². The number of aliphatic hydroxyl groups is 1. The highest BCUT2D eigenvalue weighted by atomic mass is 16.8. The molecule has 0 aromatic carbocycles. The minimum absolute atomic E-state index is 0.0521. The van der Waals surface area contributed by atoms with E-state index in [0.29, 0.717) is 0 Å². The predicted molar refractivity (Wildman–Crippen MR) is 57.8 cm³/mol. The minimum atomic E-state index is -0.617. The van der Waals surface area contributed by atoms with E-state index in [1.54, 1.807) is 0 Å². The third kappa shape index (κ3) is 1.98. The Labute approximate surface area is 95.9 Å². The smallest absolute Gasteiger partial charge is 0.163 e. The minimum Gasteiger partial charge on any atom is -0.394 e. The summed E-state index contributed by atoms with van der Waals surface area (Å²) in [7, 11) is 0. The first-order valence-corrected chi connectivity index (χ1v) is 5.86. The van der Waals surface area contributed by atoms with Gasteiger partial charge >= 0.3 is 0 Å². The van der Waals surface area contributed by atoms with Gasteiger partial charge in [0.2, 0.25) is 0 Å². The van der Waals surface area contributed by atoms with Gasteiger partial charge in [0.1, 0.15) is 12.2 Å². The van der Waals surface area contributed by atoms with Crippen LogP contribution in [0.1, 0.15) is 27.2 Å². The van der Waals surface area contributed by atoms with Gasteiger partial charge in [-0.25, -0.2) is 0 Å². The molecular formula is C11H21NO4. The Balaban J connectivity index is 2.18. The molecule has 2 aliphatic rings. The Hall–Kier alpha value is -0.200. The van der Waals surface area contributed by atoms with Crippen molar-refractivity contribution in [1.29, 1.82) is 0 Å². The average molecular weight is 231 g/mol. The molecule has 5 heteroatoms. The van der Waals surface area contributed by atoms with Gasteiger partial charge in [-0.05, 0) is 20.3 Å². The van der Waals surface area contributed by atoms with Crippen molar-refractivity contribution in [2.45, 2.75) is 63.4 Å². The normalized spacial score (nSPS) is 46.7. The van der Waals surface area contributed by atoms with Crippen LogP contribution in [0.5, 0.6) is 0 Å². The molecule has 0 spiro atoms. The fourth-order valence-corrected chi connectivity index (χ4v) is 2.50. The van der Waals surface area contributed by atoms with Gasteiger partial charge in [-0.15, -0.1) is 0 Å². The molecule has 0 bridgehead atoms. The average Bonchev–Trinajstić information content (AvgIpc) is 2.55. The monoisotopic (exact) mass is 231 g/mol. The summed E-state index contributed by atoms with van der Waals surface area (Å²) in [6.45, 7) is 5.70. The van der Waals surface area contributed by atoms with Gasteiger partial charge in [0.25, 0.3) is 0 Å². The van der Waals surface area contributed by atoms with Gasteiger partial charge < -0.3 is 25.1 Å². The molecule has 2 fully saturated rings. The first-order chi connectivity index (χ1) is 7.48. The lowest BCUT2D eigenvalue weighted by molar-refractivity contribution is -0.163. The summed E-state index contributed by atoms with van der Waals surface area (Å²) in [6, 6.07) is -0.334. The van der Waals surface area contributed by atoms with Crippen molar-refractivity contribution in [2.24, 2.45) is 5.73 Å². The first-order valence-electron chi connectivity index (χ1n) is 5.86. The fourth-order valence-electron chi connectivity index (χ4n) is 2.50. The molecule has 2 rings (SSSR count). The molecule has 5 nitrogen and oxygen atoms in total. The van der Waals surface area contributed by atoms with E-state index in [9.17, 15) is 5.11 Å². The Morgan fingerprint density at radius 2 is 1.81 bits per heavy atom. The molecule has 0 amide bonds. The maximum Gasteiger partial charge on any atom is 0.163 e. The largest absolute Gasteiger partial charge is 0.394 e. The van der Waals surface area contributed by atoms with Gasteiger partial charge in [-0.3, -0.25) is 0 Å². The molecule has 2 heterocycles. The third-order valence-electron chi connectivity index (χ3n) is 3.27. The summed E-state index contributed by atoms with van der Waals surface area (Å²) >= 11 is 0. The fraction of sp³-hybridized carbons (Fsp3) is 1.00. The van der Waals surface area contributed by atoms with Gasteiger partial charge in [0.05, 0.1) is 24.9 Å². The molecule has 94 valence electrons. The van der Waals surface area contributed by atoms with E-state index < -0.39 is 5.79 Å². The van der Waals surface area contributed by atoms with Crippen LogP contribution in [0.25, 0.3) is 0 Å². The van der Waals surface area contributed by atoms with Crippen LogP contribution < -0.4 is 5.73 Å². The van der Waals surface area contributed by atoms with E-state index in [1.807, 2.05) is 20.8 Å². The van der Waals surface area contributed by atoms with Crippen LogP contribution in [0.2, 0.25) is 0 Å². The maximum atomic E-state index is 9.22. The van der Waals surface area contributed by atoms with Crippen LogP contribution in [0.4, 0.5) is 0 Å². The molecule has 0 aliphatic carbocycles. The molecule has 0 aromatic rings. The molecule has 5 atom stereocenters. The second-order valence-corrected chi connectivity index (χ2v) is 4.95. The van der Waals surface area contributed by atoms with E-state index in [1.165, 1.54) is 0 Å². The Bertz CT molecular complexity index is 258. The van der Waals surface area contributed by atoms with Gasteiger partial charge in [0.15, 0.2) is 5.79 Å². The van der Waals surface area contributed by atoms with Crippen LogP contribution in [0, 0.1) is 0 Å². The number of aliphatic hydroxyl groups excluding tert-OH is 1. The molecule has 0 saturated carbocycles. The number of ether oxygens (including phenoxy) is 3. The van der Waals surface area contributed by atoms with E-state index in [-0.39, 0.29) is 37.1 Å². The van der Waals surface area contributed by atoms with Crippen molar-refractivity contribution in [3.05, 3.63) is 0 Å². The predicted octanol–water partition coefficient (Wildman–Crippen LogP) is 0.00350. The summed E-state index contributed by atoms with van der Waals surface area (Å²) in [4.78, 5) is 0. The molecular weight excluding hydrogens is 210 g/mol. The number of hydrogen-bond donors (Lipinski definition) is 2. The quantitative estimate of drug-likeness (QED) is 0.700. The lowest BCUT2D eigenvalue weighted by Gasteiger charge is -2.40. The third-order valence-corrected chi connectivity index (χ3v) is 3.27. The first kappa shape index (κ1) is 12.3. The Morgan fingerprint density at radius 1 is 1.19 bits per heavy atom. The lowest BCUT2D eigenvalue weighted by atomic mass is 9.92. The van der Waals surface area contributed by atoms with Crippen LogP contribution >= 0.6 is 0 Å². The van der Waals surface area contributed by atoms with Gasteiger partial charge in [0, 0.05) is 0 Å². The lowest BCUT2D eigenvalue weighted by Crippen LogP contribution is -2.60. The molecule has 0 radical (unpaired) electrons. The van der Waals surface area contributed by atoms with E-state index >= 15 is 0 Å². The molecule has 1 unspecified atom stereocenters. The summed E-state index contributed by atoms with van der Waals surface area (Å²) in [6.07, 6.45) is 0.0974. The number of fused-ring (bicyclic) bond motifs is 1. The van der Waals surface area contributed by atoms with Crippen molar-refractivity contribution in [3.63, 3.8) is 0 Å². The highest BCUT2D eigenvalue weighted by Gasteiger charge is 2.53. The maximum absolute atomic E-state index is 9.22. The zero-order valence-corrected chi connectivity index (χ0v) is 10.1. The second-order valence-electron chi connectivity index (χ2n) is 4.95. The van der Waals surface area contributed by atoms with Gasteiger partial charge in [-0.1, -0.05) is 6.92 Å². The molecule has 16 heavy (non-hydrogen) atoms. The van der Waals surface area contributed by atoms with E-state index in [4.69, 9.17) is 19.9 Å². The van der Waals surface area contributed by atoms with Crippen molar-refractivity contribution in [1.82, 2.24) is 0 Å². The molecule has 2 saturated heterocycles. The van der Waals surface area contributed by atoms with E-state index in [0.717, 1.165) is 6.42 Å². The topological polar surface area (TPSA) is 73.9 Å². The van der Waals surface area contributed by atoms with Crippen LogP contribution in [0.15, 0.2) is 0 Å². The molecule has 0 aromatic heterocycles. The highest BCUT2D eigenvalue weighted by Crippen LogP contribution is 2.37. The number of nitrogens with two attached hydrogens (primary N) is 1. The number of rotatable bonds is 2. The second kappa shape index (κ2) is 4.23. The SMILES string of the molecule is CC[C@H]1OC(CO)[C@@H](N)[C@H]2OC(C)(C)O[C@H]21. The highest BCUT2D eigenvalue weighted by molar-refractivity contribution is 5.00. The zero-order valence-electron chi connectivity index (χ0n) is 10.1. The van der Waals surface area contributed by atoms with E-state index in [2.05, 4.69) is 0 Å². The zero-order chi connectivity index (χ0) is 11.9. The van der Waals surface area contributed by atoms with Crippen LogP contribution in [-0.2, 0) is 14.2 Å². The Morgan fingerprint density at radius 3 is 2.38 bits per heavy atom.